The first-order valence-electron chi connectivity index (χ1n) is 19.1. The van der Waals surface area contributed by atoms with E-state index in [1.54, 1.807) is 0 Å². The van der Waals surface area contributed by atoms with Gasteiger partial charge in [-0.3, -0.25) is 0 Å². The number of para-hydroxylation sites is 5. The average molecular weight is 730 g/mol. The van der Waals surface area contributed by atoms with Crippen LogP contribution in [0, 0.1) is 0 Å². The van der Waals surface area contributed by atoms with Crippen LogP contribution in [-0.4, -0.2) is 24.1 Å². The highest BCUT2D eigenvalue weighted by Crippen LogP contribution is 2.45. The van der Waals surface area contributed by atoms with E-state index in [9.17, 15) is 0 Å². The van der Waals surface area contributed by atoms with Gasteiger partial charge in [-0.1, -0.05) is 140 Å². The topological polar surface area (TPSA) is 61.7 Å². The van der Waals surface area contributed by atoms with Crippen LogP contribution in [-0.2, 0) is 0 Å². The van der Waals surface area contributed by atoms with E-state index in [-0.39, 0.29) is 0 Å². The third-order valence-electron chi connectivity index (χ3n) is 11.2. The van der Waals surface area contributed by atoms with Gasteiger partial charge in [-0.25, -0.2) is 15.0 Å². The molecule has 12 rings (SSSR count). The van der Waals surface area contributed by atoms with Gasteiger partial charge in [0.05, 0.1) is 27.8 Å². The Morgan fingerprint density at radius 2 is 0.912 bits per heavy atom. The number of aromatic nitrogens is 5. The number of furan rings is 1. The number of nitrogens with zero attached hydrogens (tertiary/aromatic N) is 5. The Labute approximate surface area is 326 Å². The summed E-state index contributed by atoms with van der Waals surface area (Å²) in [7, 11) is 0. The summed E-state index contributed by atoms with van der Waals surface area (Å²) in [4.78, 5) is 15.4. The predicted molar refractivity (Wildman–Crippen MR) is 232 cm³/mol. The van der Waals surface area contributed by atoms with Gasteiger partial charge in [-0.15, -0.1) is 0 Å². The third-order valence-corrected chi connectivity index (χ3v) is 11.2. The number of fused-ring (bicyclic) bond motifs is 10. The zero-order valence-corrected chi connectivity index (χ0v) is 30.5. The number of benzene rings is 8. The lowest BCUT2D eigenvalue weighted by molar-refractivity contribution is 0.666. The Morgan fingerprint density at radius 1 is 0.368 bits per heavy atom. The van der Waals surface area contributed by atoms with Gasteiger partial charge >= 0.3 is 0 Å². The molecule has 0 spiro atoms. The van der Waals surface area contributed by atoms with Crippen molar-refractivity contribution in [2.24, 2.45) is 0 Å². The highest BCUT2D eigenvalue weighted by Gasteiger charge is 2.24. The monoisotopic (exact) mass is 729 g/mol. The largest absolute Gasteiger partial charge is 0.454 e. The SMILES string of the molecule is c1ccc(-c2nc(-c3ccccc3)nc(-c3cccc4c5c6c(ccc5n(-c5ccccc5)c34)oc3c(-n4c5ccccc5c5ccccc54)cccc36)n2)cc1. The first-order chi connectivity index (χ1) is 28.3. The van der Waals surface area contributed by atoms with Crippen LogP contribution in [0.2, 0.25) is 0 Å². The Kier molecular flexibility index (Phi) is 6.83. The van der Waals surface area contributed by atoms with Gasteiger partial charge in [-0.2, -0.15) is 0 Å². The minimum atomic E-state index is 0.607. The summed E-state index contributed by atoms with van der Waals surface area (Å²) in [6, 6.07) is 65.3. The molecular formula is C51H31N5O. The first kappa shape index (κ1) is 31.5. The Morgan fingerprint density at radius 3 is 1.58 bits per heavy atom. The molecule has 0 amide bonds. The Bertz CT molecular complexity index is 3400. The van der Waals surface area contributed by atoms with E-state index in [0.717, 1.165) is 82.8 Å². The van der Waals surface area contributed by atoms with Gasteiger partial charge in [-0.05, 0) is 48.5 Å². The zero-order chi connectivity index (χ0) is 37.5. The predicted octanol–water partition coefficient (Wildman–Crippen LogP) is 13.0. The van der Waals surface area contributed by atoms with Gasteiger partial charge in [0.1, 0.15) is 5.58 Å². The molecule has 0 N–H and O–H groups in total. The van der Waals surface area contributed by atoms with Crippen molar-refractivity contribution in [2.75, 3.05) is 0 Å². The lowest BCUT2D eigenvalue weighted by Gasteiger charge is -2.12. The van der Waals surface area contributed by atoms with Gasteiger partial charge in [0.25, 0.3) is 0 Å². The fourth-order valence-corrected chi connectivity index (χ4v) is 8.74. The molecule has 6 heteroatoms. The molecular weight excluding hydrogens is 699 g/mol. The highest BCUT2D eigenvalue weighted by molar-refractivity contribution is 6.29. The maximum absolute atomic E-state index is 6.96. The molecule has 0 aliphatic rings. The van der Waals surface area contributed by atoms with E-state index in [2.05, 4.69) is 137 Å². The third kappa shape index (κ3) is 4.74. The normalized spacial score (nSPS) is 11.9. The average Bonchev–Trinajstić information content (AvgIpc) is 3.95. The molecule has 0 aliphatic carbocycles. The van der Waals surface area contributed by atoms with Crippen molar-refractivity contribution in [3.8, 4) is 45.5 Å². The first-order valence-corrected chi connectivity index (χ1v) is 19.1. The van der Waals surface area contributed by atoms with E-state index in [4.69, 9.17) is 19.4 Å². The van der Waals surface area contributed by atoms with Gasteiger partial charge < -0.3 is 13.6 Å². The molecule has 0 aliphatic heterocycles. The lowest BCUT2D eigenvalue weighted by atomic mass is 10.0. The molecule has 57 heavy (non-hydrogen) atoms. The van der Waals surface area contributed by atoms with Crippen molar-refractivity contribution in [2.45, 2.75) is 0 Å². The zero-order valence-electron chi connectivity index (χ0n) is 30.5. The molecule has 8 aromatic carbocycles. The maximum atomic E-state index is 6.96. The molecule has 0 fully saturated rings. The van der Waals surface area contributed by atoms with Crippen molar-refractivity contribution in [1.29, 1.82) is 0 Å². The molecule has 0 unspecified atom stereocenters. The summed E-state index contributed by atoms with van der Waals surface area (Å²) >= 11 is 0. The Balaban J connectivity index is 1.19. The van der Waals surface area contributed by atoms with Crippen LogP contribution >= 0.6 is 0 Å². The summed E-state index contributed by atoms with van der Waals surface area (Å²) in [6.45, 7) is 0. The second kappa shape index (κ2) is 12.3. The quantitative estimate of drug-likeness (QED) is 0.177. The highest BCUT2D eigenvalue weighted by atomic mass is 16.3. The minimum Gasteiger partial charge on any atom is -0.454 e. The van der Waals surface area contributed by atoms with Crippen LogP contribution in [0.25, 0.3) is 111 Å². The summed E-state index contributed by atoms with van der Waals surface area (Å²) < 4.78 is 11.6. The summed E-state index contributed by atoms with van der Waals surface area (Å²) in [5, 5.41) is 6.77. The molecule has 0 atom stereocenters. The van der Waals surface area contributed by atoms with Crippen LogP contribution in [0.3, 0.4) is 0 Å². The van der Waals surface area contributed by atoms with E-state index < -0.39 is 0 Å². The lowest BCUT2D eigenvalue weighted by Crippen LogP contribution is -2.02. The molecule has 0 bridgehead atoms. The fraction of sp³-hybridized carbons (Fsp3) is 0. The van der Waals surface area contributed by atoms with Gasteiger partial charge in [0, 0.05) is 54.7 Å². The molecule has 266 valence electrons. The van der Waals surface area contributed by atoms with Crippen LogP contribution in [0.4, 0.5) is 0 Å². The van der Waals surface area contributed by atoms with Crippen LogP contribution < -0.4 is 0 Å². The van der Waals surface area contributed by atoms with E-state index in [1.807, 2.05) is 60.7 Å². The minimum absolute atomic E-state index is 0.607. The van der Waals surface area contributed by atoms with Crippen molar-refractivity contribution in [3.63, 3.8) is 0 Å². The molecule has 4 aromatic heterocycles. The second-order valence-electron chi connectivity index (χ2n) is 14.4. The van der Waals surface area contributed by atoms with E-state index >= 15 is 0 Å². The summed E-state index contributed by atoms with van der Waals surface area (Å²) in [5.41, 5.74) is 10.9. The summed E-state index contributed by atoms with van der Waals surface area (Å²) in [5.74, 6) is 1.86. The molecule has 0 saturated heterocycles. The second-order valence-corrected chi connectivity index (χ2v) is 14.4. The molecule has 12 aromatic rings. The van der Waals surface area contributed by atoms with Gasteiger partial charge in [0.2, 0.25) is 0 Å². The fourth-order valence-electron chi connectivity index (χ4n) is 8.74. The van der Waals surface area contributed by atoms with Crippen LogP contribution in [0.1, 0.15) is 0 Å². The van der Waals surface area contributed by atoms with Gasteiger partial charge in [0.15, 0.2) is 23.1 Å². The molecule has 6 nitrogen and oxygen atoms in total. The number of rotatable bonds is 5. The molecule has 4 heterocycles. The maximum Gasteiger partial charge on any atom is 0.166 e. The van der Waals surface area contributed by atoms with Crippen molar-refractivity contribution in [1.82, 2.24) is 24.1 Å². The Hall–Kier alpha value is -7.83. The molecule has 0 radical (unpaired) electrons. The number of hydrogen-bond acceptors (Lipinski definition) is 4. The van der Waals surface area contributed by atoms with E-state index in [1.165, 1.54) is 10.8 Å². The van der Waals surface area contributed by atoms with Crippen molar-refractivity contribution < 1.29 is 4.42 Å². The molecule has 0 saturated carbocycles. The van der Waals surface area contributed by atoms with E-state index in [0.29, 0.717) is 17.5 Å². The number of hydrogen-bond donors (Lipinski definition) is 0. The smallest absolute Gasteiger partial charge is 0.166 e. The summed E-state index contributed by atoms with van der Waals surface area (Å²) in [6.07, 6.45) is 0. The van der Waals surface area contributed by atoms with Crippen LogP contribution in [0.5, 0.6) is 0 Å². The van der Waals surface area contributed by atoms with Crippen molar-refractivity contribution >= 4 is 65.6 Å². The standard InChI is InChI=1S/C51H31N5O/c1-4-16-32(17-5-1)49-52-50(33-18-6-2-7-19-33)54-51(53-49)39-26-14-24-37-45-42(55(47(37)39)34-20-8-3-9-21-34)30-31-44-46(45)38-25-15-29-43(48(38)57-44)56-40-27-12-10-22-35(40)36-23-11-13-28-41(36)56/h1-31H. The van der Waals surface area contributed by atoms with Crippen molar-refractivity contribution in [3.05, 3.63) is 188 Å². The van der Waals surface area contributed by atoms with Crippen LogP contribution in [0.15, 0.2) is 192 Å².